The number of likely N-dealkylation sites (N-methyl/N-ethyl adjacent to an activating group) is 1. The largest absolute Gasteiger partial charge is 0.497 e. The van der Waals surface area contributed by atoms with Gasteiger partial charge in [-0.05, 0) is 44.0 Å². The smallest absolute Gasteiger partial charge is 0.339 e. The van der Waals surface area contributed by atoms with Gasteiger partial charge >= 0.3 is 5.63 Å². The zero-order chi connectivity index (χ0) is 18.0. The summed E-state index contributed by atoms with van der Waals surface area (Å²) < 4.78 is 10.6. The summed E-state index contributed by atoms with van der Waals surface area (Å²) in [4.78, 5) is 26.6. The molecule has 1 atom stereocenters. The molecule has 0 spiro atoms. The molecule has 0 bridgehead atoms. The maximum atomic E-state index is 12.4. The van der Waals surface area contributed by atoms with E-state index in [4.69, 9.17) is 9.15 Å². The summed E-state index contributed by atoms with van der Waals surface area (Å²) in [6.45, 7) is 3.68. The molecule has 1 unspecified atom stereocenters. The molecule has 0 saturated carbocycles. The van der Waals surface area contributed by atoms with Crippen molar-refractivity contribution in [3.63, 3.8) is 0 Å². The predicted octanol–water partition coefficient (Wildman–Crippen LogP) is 1.86. The Kier molecular flexibility index (Phi) is 5.08. The van der Waals surface area contributed by atoms with Crippen LogP contribution in [0.25, 0.3) is 11.0 Å². The van der Waals surface area contributed by atoms with Crippen LogP contribution in [0.4, 0.5) is 0 Å². The van der Waals surface area contributed by atoms with E-state index in [1.54, 1.807) is 18.1 Å². The lowest BCUT2D eigenvalue weighted by Gasteiger charge is -2.23. The van der Waals surface area contributed by atoms with Crippen molar-refractivity contribution in [1.82, 2.24) is 10.2 Å². The fraction of sp³-hybridized carbons (Fsp3) is 0.474. The fourth-order valence-corrected chi connectivity index (χ4v) is 3.37. The van der Waals surface area contributed by atoms with Crippen LogP contribution in [-0.2, 0) is 11.2 Å². The van der Waals surface area contributed by atoms with Crippen LogP contribution in [0.3, 0.4) is 0 Å². The highest BCUT2D eigenvalue weighted by atomic mass is 16.5. The predicted molar refractivity (Wildman–Crippen MR) is 96.1 cm³/mol. The average molecular weight is 344 g/mol. The molecule has 2 heterocycles. The Labute approximate surface area is 146 Å². The van der Waals surface area contributed by atoms with E-state index in [1.807, 2.05) is 26.1 Å². The minimum atomic E-state index is -0.378. The fourth-order valence-electron chi connectivity index (χ4n) is 3.37. The molecule has 1 amide bonds. The van der Waals surface area contributed by atoms with Crippen LogP contribution in [-0.4, -0.2) is 44.1 Å². The summed E-state index contributed by atoms with van der Waals surface area (Å²) in [5, 5.41) is 4.13. The summed E-state index contributed by atoms with van der Waals surface area (Å²) in [5.41, 5.74) is 1.57. The normalized spacial score (nSPS) is 17.0. The number of carbonyl (C=O) groups excluding carboxylic acids is 1. The first kappa shape index (κ1) is 17.5. The number of carbonyl (C=O) groups is 1. The highest BCUT2D eigenvalue weighted by Crippen LogP contribution is 2.24. The van der Waals surface area contributed by atoms with Gasteiger partial charge in [0.1, 0.15) is 11.3 Å². The first-order valence-electron chi connectivity index (χ1n) is 8.58. The summed E-state index contributed by atoms with van der Waals surface area (Å²) in [6, 6.07) is 5.67. The Balaban J connectivity index is 1.79. The zero-order valence-electron chi connectivity index (χ0n) is 14.9. The Morgan fingerprint density at radius 1 is 1.44 bits per heavy atom. The number of benzene rings is 1. The summed E-state index contributed by atoms with van der Waals surface area (Å²) in [7, 11) is 3.41. The molecular formula is C19H24N2O4. The number of methoxy groups -OCH3 is 1. The van der Waals surface area contributed by atoms with Gasteiger partial charge in [0.25, 0.3) is 0 Å². The van der Waals surface area contributed by atoms with E-state index in [0.717, 1.165) is 30.5 Å². The molecule has 1 saturated heterocycles. The van der Waals surface area contributed by atoms with Crippen molar-refractivity contribution < 1.29 is 13.9 Å². The first-order chi connectivity index (χ1) is 12.0. The number of rotatable bonds is 5. The Hall–Kier alpha value is -2.34. The van der Waals surface area contributed by atoms with Crippen molar-refractivity contribution in [1.29, 1.82) is 0 Å². The summed E-state index contributed by atoms with van der Waals surface area (Å²) in [6.07, 6.45) is 1.67. The molecule has 1 aliphatic heterocycles. The van der Waals surface area contributed by atoms with Gasteiger partial charge in [0.15, 0.2) is 0 Å². The Bertz CT molecular complexity index is 837. The van der Waals surface area contributed by atoms with Crippen molar-refractivity contribution in [2.45, 2.75) is 32.2 Å². The zero-order valence-corrected chi connectivity index (χ0v) is 14.9. The Morgan fingerprint density at radius 3 is 2.92 bits per heavy atom. The van der Waals surface area contributed by atoms with E-state index in [9.17, 15) is 9.59 Å². The van der Waals surface area contributed by atoms with E-state index in [1.165, 1.54) is 0 Å². The van der Waals surface area contributed by atoms with Crippen LogP contribution in [0.15, 0.2) is 27.4 Å². The lowest BCUT2D eigenvalue weighted by atomic mass is 10.0. The molecule has 1 fully saturated rings. The van der Waals surface area contributed by atoms with Gasteiger partial charge < -0.3 is 19.4 Å². The molecule has 1 aliphatic rings. The third-order valence-electron chi connectivity index (χ3n) is 5.06. The number of ether oxygens (including phenoxy) is 1. The van der Waals surface area contributed by atoms with E-state index < -0.39 is 0 Å². The monoisotopic (exact) mass is 344 g/mol. The van der Waals surface area contributed by atoms with Crippen molar-refractivity contribution in [3.05, 3.63) is 39.7 Å². The van der Waals surface area contributed by atoms with Crippen LogP contribution in [0.2, 0.25) is 0 Å². The minimum Gasteiger partial charge on any atom is -0.497 e. The highest BCUT2D eigenvalue weighted by Gasteiger charge is 2.23. The van der Waals surface area contributed by atoms with Crippen LogP contribution < -0.4 is 15.7 Å². The van der Waals surface area contributed by atoms with E-state index in [2.05, 4.69) is 5.32 Å². The number of nitrogens with zero attached hydrogens (tertiary/aromatic N) is 1. The van der Waals surface area contributed by atoms with Crippen molar-refractivity contribution >= 4 is 16.9 Å². The van der Waals surface area contributed by atoms with Gasteiger partial charge in [0, 0.05) is 43.1 Å². The maximum Gasteiger partial charge on any atom is 0.339 e. The number of nitrogens with one attached hydrogen (secondary N) is 1. The van der Waals surface area contributed by atoms with Crippen molar-refractivity contribution in [3.8, 4) is 5.75 Å². The molecule has 25 heavy (non-hydrogen) atoms. The molecule has 1 N–H and O–H groups in total. The van der Waals surface area contributed by atoms with E-state index in [-0.39, 0.29) is 17.6 Å². The number of amides is 1. The van der Waals surface area contributed by atoms with Crippen LogP contribution in [0.5, 0.6) is 5.75 Å². The molecule has 134 valence electrons. The SMILES string of the molecule is COc1ccc2c(C)c(CCC(=O)N(C)C3CCNC3)c(=O)oc2c1. The van der Waals surface area contributed by atoms with Gasteiger partial charge in [0.2, 0.25) is 5.91 Å². The molecule has 0 aliphatic carbocycles. The summed E-state index contributed by atoms with van der Waals surface area (Å²) >= 11 is 0. The maximum absolute atomic E-state index is 12.4. The molecule has 1 aromatic heterocycles. The standard InChI is InChI=1S/C19H24N2O4/c1-12-15-5-4-14(24-3)10-17(15)25-19(23)16(12)6-7-18(22)21(2)13-8-9-20-11-13/h4-5,10,13,20H,6-9,11H2,1-3H3. The summed E-state index contributed by atoms with van der Waals surface area (Å²) in [5.74, 6) is 0.701. The van der Waals surface area contributed by atoms with Gasteiger partial charge in [-0.25, -0.2) is 4.79 Å². The molecule has 2 aromatic rings. The van der Waals surface area contributed by atoms with Gasteiger partial charge in [-0.3, -0.25) is 4.79 Å². The average Bonchev–Trinajstić information content (AvgIpc) is 3.14. The van der Waals surface area contributed by atoms with Crippen LogP contribution in [0.1, 0.15) is 24.0 Å². The second kappa shape index (κ2) is 7.27. The second-order valence-corrected chi connectivity index (χ2v) is 6.51. The third-order valence-corrected chi connectivity index (χ3v) is 5.06. The lowest BCUT2D eigenvalue weighted by molar-refractivity contribution is -0.131. The third kappa shape index (κ3) is 3.54. The number of aryl methyl sites for hydroxylation is 1. The number of hydrogen-bond donors (Lipinski definition) is 1. The number of fused-ring (bicyclic) bond motifs is 1. The lowest BCUT2D eigenvalue weighted by Crippen LogP contribution is -2.38. The quantitative estimate of drug-likeness (QED) is 0.839. The van der Waals surface area contributed by atoms with Gasteiger partial charge in [-0.2, -0.15) is 0 Å². The van der Waals surface area contributed by atoms with Crippen LogP contribution >= 0.6 is 0 Å². The molecule has 1 aromatic carbocycles. The molecular weight excluding hydrogens is 320 g/mol. The molecule has 0 radical (unpaired) electrons. The van der Waals surface area contributed by atoms with Crippen LogP contribution in [0, 0.1) is 6.92 Å². The van der Waals surface area contributed by atoms with E-state index in [0.29, 0.717) is 29.7 Å². The highest BCUT2D eigenvalue weighted by molar-refractivity contribution is 5.82. The second-order valence-electron chi connectivity index (χ2n) is 6.51. The molecule has 6 heteroatoms. The topological polar surface area (TPSA) is 71.8 Å². The molecule has 6 nitrogen and oxygen atoms in total. The number of hydrogen-bond acceptors (Lipinski definition) is 5. The minimum absolute atomic E-state index is 0.0577. The Morgan fingerprint density at radius 2 is 2.24 bits per heavy atom. The van der Waals surface area contributed by atoms with Crippen molar-refractivity contribution in [2.75, 3.05) is 27.2 Å². The van der Waals surface area contributed by atoms with Gasteiger partial charge in [-0.1, -0.05) is 0 Å². The molecule has 3 rings (SSSR count). The van der Waals surface area contributed by atoms with E-state index >= 15 is 0 Å². The first-order valence-corrected chi connectivity index (χ1v) is 8.58. The van der Waals surface area contributed by atoms with Gasteiger partial charge in [-0.15, -0.1) is 0 Å². The van der Waals surface area contributed by atoms with Crippen molar-refractivity contribution in [2.24, 2.45) is 0 Å². The van der Waals surface area contributed by atoms with Gasteiger partial charge in [0.05, 0.1) is 7.11 Å².